The van der Waals surface area contributed by atoms with E-state index in [1.165, 1.54) is 11.6 Å². The molecular formula is C20H25N3O2. The number of pyridine rings is 1. The summed E-state index contributed by atoms with van der Waals surface area (Å²) in [7, 11) is 0. The van der Waals surface area contributed by atoms with Crippen LogP contribution in [0.15, 0.2) is 48.7 Å². The van der Waals surface area contributed by atoms with E-state index in [1.807, 2.05) is 6.07 Å². The van der Waals surface area contributed by atoms with Crippen molar-refractivity contribution in [2.45, 2.75) is 37.8 Å². The predicted octanol–water partition coefficient (Wildman–Crippen LogP) is 2.62. The number of nitrogens with zero attached hydrogens (tertiary/aromatic N) is 1. The topological polar surface area (TPSA) is 74.2 Å². The number of carbonyl (C=O) groups is 1. The molecule has 1 aliphatic rings. The van der Waals surface area contributed by atoms with Crippen LogP contribution in [0.4, 0.5) is 0 Å². The molecule has 2 aromatic rings. The minimum Gasteiger partial charge on any atom is -0.478 e. The van der Waals surface area contributed by atoms with E-state index in [0.29, 0.717) is 6.54 Å². The Morgan fingerprint density at radius 3 is 2.84 bits per heavy atom. The molecule has 1 aliphatic heterocycles. The first-order chi connectivity index (χ1) is 12.2. The highest BCUT2D eigenvalue weighted by Gasteiger charge is 2.32. The molecule has 0 bridgehead atoms. The molecule has 25 heavy (non-hydrogen) atoms. The van der Waals surface area contributed by atoms with Crippen LogP contribution in [0, 0.1) is 0 Å². The van der Waals surface area contributed by atoms with Gasteiger partial charge in [-0.05, 0) is 49.9 Å². The van der Waals surface area contributed by atoms with Gasteiger partial charge in [-0.2, -0.15) is 0 Å². The van der Waals surface area contributed by atoms with Gasteiger partial charge >= 0.3 is 5.97 Å². The Bertz CT molecular complexity index is 697. The molecular weight excluding hydrogens is 314 g/mol. The molecule has 0 aliphatic carbocycles. The molecule has 0 spiro atoms. The smallest absolute Gasteiger partial charge is 0.335 e. The van der Waals surface area contributed by atoms with Gasteiger partial charge in [0.2, 0.25) is 0 Å². The van der Waals surface area contributed by atoms with Gasteiger partial charge in [0.1, 0.15) is 0 Å². The van der Waals surface area contributed by atoms with Gasteiger partial charge in [-0.25, -0.2) is 4.79 Å². The number of hydrogen-bond donors (Lipinski definition) is 3. The molecule has 2 heterocycles. The van der Waals surface area contributed by atoms with E-state index >= 15 is 0 Å². The van der Waals surface area contributed by atoms with Gasteiger partial charge in [-0.15, -0.1) is 0 Å². The number of carboxylic acids is 1. The van der Waals surface area contributed by atoms with Gasteiger partial charge < -0.3 is 15.7 Å². The SMILES string of the molecule is O=C(O)c1ccnc(CN[C@]2(CCCc3ccccc3)CCNC2)c1. The predicted molar refractivity (Wildman–Crippen MR) is 97.6 cm³/mol. The van der Waals surface area contributed by atoms with Crippen molar-refractivity contribution >= 4 is 5.97 Å². The Labute approximate surface area is 148 Å². The summed E-state index contributed by atoms with van der Waals surface area (Å²) < 4.78 is 0. The van der Waals surface area contributed by atoms with Crippen molar-refractivity contribution in [3.05, 3.63) is 65.5 Å². The Balaban J connectivity index is 1.57. The molecule has 1 aromatic carbocycles. The second-order valence-corrected chi connectivity index (χ2v) is 6.74. The maximum Gasteiger partial charge on any atom is 0.335 e. The number of aromatic carboxylic acids is 1. The molecule has 132 valence electrons. The van der Waals surface area contributed by atoms with Crippen LogP contribution in [0.1, 0.15) is 40.9 Å². The molecule has 3 rings (SSSR count). The first kappa shape index (κ1) is 17.6. The van der Waals surface area contributed by atoms with E-state index in [2.05, 4.69) is 39.9 Å². The minimum absolute atomic E-state index is 0.0652. The van der Waals surface area contributed by atoms with E-state index in [4.69, 9.17) is 5.11 Å². The fourth-order valence-corrected chi connectivity index (χ4v) is 3.46. The van der Waals surface area contributed by atoms with E-state index in [9.17, 15) is 4.79 Å². The van der Waals surface area contributed by atoms with Crippen LogP contribution in [0.3, 0.4) is 0 Å². The van der Waals surface area contributed by atoms with Crippen LogP contribution >= 0.6 is 0 Å². The van der Waals surface area contributed by atoms with Crippen molar-refractivity contribution in [1.82, 2.24) is 15.6 Å². The highest BCUT2D eigenvalue weighted by molar-refractivity contribution is 5.87. The largest absolute Gasteiger partial charge is 0.478 e. The molecule has 0 radical (unpaired) electrons. The summed E-state index contributed by atoms with van der Waals surface area (Å²) in [5.41, 5.74) is 2.50. The number of nitrogens with one attached hydrogen (secondary N) is 2. The number of rotatable bonds is 8. The molecule has 0 unspecified atom stereocenters. The minimum atomic E-state index is -0.913. The van der Waals surface area contributed by atoms with Crippen LogP contribution in [0.5, 0.6) is 0 Å². The Morgan fingerprint density at radius 1 is 1.28 bits per heavy atom. The zero-order valence-electron chi connectivity index (χ0n) is 14.4. The third-order valence-electron chi connectivity index (χ3n) is 4.92. The van der Waals surface area contributed by atoms with Gasteiger partial charge in [-0.1, -0.05) is 30.3 Å². The van der Waals surface area contributed by atoms with Crippen molar-refractivity contribution in [2.24, 2.45) is 0 Å². The van der Waals surface area contributed by atoms with E-state index in [-0.39, 0.29) is 11.1 Å². The van der Waals surface area contributed by atoms with E-state index in [1.54, 1.807) is 12.3 Å². The second kappa shape index (κ2) is 8.23. The average molecular weight is 339 g/mol. The lowest BCUT2D eigenvalue weighted by Crippen LogP contribution is -2.46. The molecule has 1 saturated heterocycles. The lowest BCUT2D eigenvalue weighted by atomic mass is 9.90. The lowest BCUT2D eigenvalue weighted by Gasteiger charge is -2.30. The molecule has 3 N–H and O–H groups in total. The number of benzene rings is 1. The summed E-state index contributed by atoms with van der Waals surface area (Å²) in [4.78, 5) is 15.4. The highest BCUT2D eigenvalue weighted by atomic mass is 16.4. The first-order valence-electron chi connectivity index (χ1n) is 8.85. The summed E-state index contributed by atoms with van der Waals surface area (Å²) >= 11 is 0. The number of hydrogen-bond acceptors (Lipinski definition) is 4. The lowest BCUT2D eigenvalue weighted by molar-refractivity contribution is 0.0696. The van der Waals surface area contributed by atoms with Crippen molar-refractivity contribution in [1.29, 1.82) is 0 Å². The van der Waals surface area contributed by atoms with Gasteiger partial charge in [-0.3, -0.25) is 4.98 Å². The fraction of sp³-hybridized carbons (Fsp3) is 0.400. The molecule has 5 nitrogen and oxygen atoms in total. The summed E-state index contributed by atoms with van der Waals surface area (Å²) in [5, 5.41) is 16.2. The van der Waals surface area contributed by atoms with Gasteiger partial charge in [0, 0.05) is 24.8 Å². The van der Waals surface area contributed by atoms with E-state index in [0.717, 1.165) is 44.5 Å². The zero-order valence-corrected chi connectivity index (χ0v) is 14.4. The summed E-state index contributed by atoms with van der Waals surface area (Å²) in [5.74, 6) is -0.913. The number of carboxylic acid groups (broad SMARTS) is 1. The summed E-state index contributed by atoms with van der Waals surface area (Å²) in [6.45, 7) is 2.55. The van der Waals surface area contributed by atoms with Crippen LogP contribution in [-0.2, 0) is 13.0 Å². The van der Waals surface area contributed by atoms with Gasteiger partial charge in [0.15, 0.2) is 0 Å². The highest BCUT2D eigenvalue weighted by Crippen LogP contribution is 2.23. The number of aromatic nitrogens is 1. The standard InChI is InChI=1S/C20H25N3O2/c24-19(25)17-8-11-22-18(13-17)14-23-20(10-12-21-15-20)9-4-7-16-5-2-1-3-6-16/h1-3,5-6,8,11,13,21,23H,4,7,9-10,12,14-15H2,(H,24,25)/t20-/m1/s1. The van der Waals surface area contributed by atoms with Crippen LogP contribution in [0.25, 0.3) is 0 Å². The maximum atomic E-state index is 11.1. The van der Waals surface area contributed by atoms with Gasteiger partial charge in [0.25, 0.3) is 0 Å². The van der Waals surface area contributed by atoms with Crippen molar-refractivity contribution < 1.29 is 9.90 Å². The maximum absolute atomic E-state index is 11.1. The van der Waals surface area contributed by atoms with Crippen molar-refractivity contribution in [3.8, 4) is 0 Å². The molecule has 1 fully saturated rings. The Hall–Kier alpha value is -2.24. The number of aryl methyl sites for hydroxylation is 1. The Kier molecular flexibility index (Phi) is 5.79. The molecule has 1 aromatic heterocycles. The third kappa shape index (κ3) is 4.87. The summed E-state index contributed by atoms with van der Waals surface area (Å²) in [6, 6.07) is 13.7. The second-order valence-electron chi connectivity index (χ2n) is 6.74. The summed E-state index contributed by atoms with van der Waals surface area (Å²) in [6.07, 6.45) is 5.95. The molecule has 0 amide bonds. The first-order valence-corrected chi connectivity index (χ1v) is 8.85. The molecule has 0 saturated carbocycles. The van der Waals surface area contributed by atoms with Crippen molar-refractivity contribution in [3.63, 3.8) is 0 Å². The quantitative estimate of drug-likeness (QED) is 0.689. The monoisotopic (exact) mass is 339 g/mol. The van der Waals surface area contributed by atoms with E-state index < -0.39 is 5.97 Å². The molecule has 5 heteroatoms. The average Bonchev–Trinajstić information content (AvgIpc) is 3.10. The zero-order chi connectivity index (χ0) is 17.5. The third-order valence-corrected chi connectivity index (χ3v) is 4.92. The van der Waals surface area contributed by atoms with Crippen LogP contribution in [0.2, 0.25) is 0 Å². The fourth-order valence-electron chi connectivity index (χ4n) is 3.46. The van der Waals surface area contributed by atoms with Crippen LogP contribution < -0.4 is 10.6 Å². The van der Waals surface area contributed by atoms with Gasteiger partial charge in [0.05, 0.1) is 11.3 Å². The Morgan fingerprint density at radius 2 is 2.12 bits per heavy atom. The normalized spacial score (nSPS) is 19.8. The van der Waals surface area contributed by atoms with Crippen molar-refractivity contribution in [2.75, 3.05) is 13.1 Å². The molecule has 1 atom stereocenters. The van der Waals surface area contributed by atoms with Crippen LogP contribution in [-0.4, -0.2) is 34.7 Å².